The highest BCUT2D eigenvalue weighted by Crippen LogP contribution is 1.84. The van der Waals surface area contributed by atoms with Crippen LogP contribution in [0.25, 0.3) is 4.85 Å². The monoisotopic (exact) mass is 91.0 g/mol. The van der Waals surface area contributed by atoms with Crippen molar-refractivity contribution in [2.75, 3.05) is 0 Å². The Kier molecular flexibility index (Phi) is 2.40. The highest BCUT2D eigenvalue weighted by Gasteiger charge is 1.65. The van der Waals surface area contributed by atoms with E-state index in [0.29, 0.717) is 5.57 Å². The minimum Gasteiger partial charge on any atom is -0.477 e. The van der Waals surface area contributed by atoms with Crippen LogP contribution in [0.4, 0.5) is 0 Å². The second-order valence-corrected chi connectivity index (χ2v) is 0.960. The maximum atomic E-state index is 7.97. The Morgan fingerprint density at radius 3 is 2.71 bits per heavy atom. The Morgan fingerprint density at radius 1 is 2.00 bits per heavy atom. The Morgan fingerprint density at radius 2 is 2.57 bits per heavy atom. The molecule has 0 rings (SSSR count). The predicted molar refractivity (Wildman–Crippen MR) is 24.6 cm³/mol. The minimum absolute atomic E-state index is 0.329. The summed E-state index contributed by atoms with van der Waals surface area (Å²) in [6.45, 7) is 7.72. The van der Waals surface area contributed by atoms with Gasteiger partial charge in [0.2, 0.25) is 0 Å². The standard InChI is InChI=1S/C5H3N2/c1-5(3-6)4-7-2/h1H3/q-1. The first-order chi connectivity index (χ1) is 3.31. The van der Waals surface area contributed by atoms with Gasteiger partial charge in [-0.05, 0) is 0 Å². The van der Waals surface area contributed by atoms with E-state index in [1.807, 2.05) is 0 Å². The van der Waals surface area contributed by atoms with Crippen LogP contribution in [0.3, 0.4) is 0 Å². The average Bonchev–Trinajstić information content (AvgIpc) is 1.68. The molecular formula is C5H3N2-. The second kappa shape index (κ2) is 2.93. The highest BCUT2D eigenvalue weighted by atomic mass is 14.6. The summed E-state index contributed by atoms with van der Waals surface area (Å²) in [4.78, 5) is 2.75. The SMILES string of the molecule is [C-]#[N+][C-]=C(C)C#N. The van der Waals surface area contributed by atoms with Crippen molar-refractivity contribution < 1.29 is 0 Å². The van der Waals surface area contributed by atoms with Crippen LogP contribution >= 0.6 is 0 Å². The van der Waals surface area contributed by atoms with Crippen LogP contribution in [0, 0.1) is 24.1 Å². The van der Waals surface area contributed by atoms with Gasteiger partial charge in [0.1, 0.15) is 0 Å². The molecule has 0 N–H and O–H groups in total. The van der Waals surface area contributed by atoms with Crippen LogP contribution in [-0.2, 0) is 0 Å². The Labute approximate surface area is 42.5 Å². The third-order valence-corrected chi connectivity index (χ3v) is 0.391. The van der Waals surface area contributed by atoms with Crippen LogP contribution < -0.4 is 0 Å². The summed E-state index contributed by atoms with van der Waals surface area (Å²) in [5.74, 6) is 0. The van der Waals surface area contributed by atoms with Crippen LogP contribution in [0.2, 0.25) is 0 Å². The van der Waals surface area contributed by atoms with E-state index in [9.17, 15) is 0 Å². The van der Waals surface area contributed by atoms with E-state index in [2.05, 4.69) is 11.0 Å². The van der Waals surface area contributed by atoms with Crippen LogP contribution in [0.5, 0.6) is 0 Å². The number of allylic oxidation sites excluding steroid dienone is 1. The van der Waals surface area contributed by atoms with E-state index < -0.39 is 0 Å². The zero-order chi connectivity index (χ0) is 5.70. The molecule has 0 aromatic carbocycles. The maximum Gasteiger partial charge on any atom is 0.0625 e. The fourth-order valence-electron chi connectivity index (χ4n) is 0.109. The molecule has 0 saturated carbocycles. The first kappa shape index (κ1) is 5.72. The summed E-state index contributed by atoms with van der Waals surface area (Å²) >= 11 is 0. The van der Waals surface area contributed by atoms with E-state index in [1.165, 1.54) is 6.92 Å². The minimum atomic E-state index is 0.329. The molecule has 2 nitrogen and oxygen atoms in total. The predicted octanol–water partition coefficient (Wildman–Crippen LogP) is 1.14. The molecule has 0 aromatic rings. The van der Waals surface area contributed by atoms with Gasteiger partial charge in [0.25, 0.3) is 0 Å². The van der Waals surface area contributed by atoms with Crippen LogP contribution in [-0.4, -0.2) is 0 Å². The summed E-state index contributed by atoms with van der Waals surface area (Å²) in [6.07, 6.45) is 2.14. The molecule has 0 atom stereocenters. The molecule has 0 unspecified atom stereocenters. The number of nitriles is 1. The Hall–Kier alpha value is -1.28. The van der Waals surface area contributed by atoms with E-state index in [-0.39, 0.29) is 0 Å². The van der Waals surface area contributed by atoms with Crippen LogP contribution in [0.1, 0.15) is 6.92 Å². The molecule has 0 spiro atoms. The normalized spacial score (nSPS) is 9.29. The number of hydrogen-bond donors (Lipinski definition) is 0. The molecule has 2 heteroatoms. The molecule has 0 radical (unpaired) electrons. The van der Waals surface area contributed by atoms with Crippen molar-refractivity contribution in [3.63, 3.8) is 0 Å². The molecule has 0 aliphatic carbocycles. The average molecular weight is 91.1 g/mol. The van der Waals surface area contributed by atoms with Gasteiger partial charge in [-0.25, -0.2) is 0 Å². The van der Waals surface area contributed by atoms with Crippen molar-refractivity contribution in [2.45, 2.75) is 6.92 Å². The smallest absolute Gasteiger partial charge is 0.0625 e. The summed E-state index contributed by atoms with van der Waals surface area (Å²) in [5, 5.41) is 7.97. The van der Waals surface area contributed by atoms with Crippen molar-refractivity contribution in [2.24, 2.45) is 0 Å². The summed E-state index contributed by atoms with van der Waals surface area (Å²) in [6, 6.07) is 1.76. The van der Waals surface area contributed by atoms with Crippen molar-refractivity contribution in [1.82, 2.24) is 0 Å². The Balaban J connectivity index is 3.89. The molecule has 0 bridgehead atoms. The highest BCUT2D eigenvalue weighted by molar-refractivity contribution is 5.15. The maximum absolute atomic E-state index is 7.97. The first-order valence-electron chi connectivity index (χ1n) is 1.67. The third kappa shape index (κ3) is 2.52. The molecule has 34 valence electrons. The fourth-order valence-corrected chi connectivity index (χ4v) is 0.109. The topological polar surface area (TPSA) is 28.1 Å². The van der Waals surface area contributed by atoms with Crippen molar-refractivity contribution in [1.29, 1.82) is 5.26 Å². The molecule has 0 amide bonds. The van der Waals surface area contributed by atoms with Crippen molar-refractivity contribution >= 4 is 0 Å². The van der Waals surface area contributed by atoms with Gasteiger partial charge in [-0.15, -0.1) is 0 Å². The zero-order valence-corrected chi connectivity index (χ0v) is 3.89. The molecule has 0 saturated heterocycles. The lowest BCUT2D eigenvalue weighted by Crippen LogP contribution is -1.60. The van der Waals surface area contributed by atoms with Gasteiger partial charge < -0.3 is 4.85 Å². The van der Waals surface area contributed by atoms with Gasteiger partial charge in [0.15, 0.2) is 0 Å². The molecule has 0 aromatic heterocycles. The van der Waals surface area contributed by atoms with Crippen LogP contribution in [0.15, 0.2) is 5.57 Å². The van der Waals surface area contributed by atoms with E-state index in [1.54, 1.807) is 6.07 Å². The lowest BCUT2D eigenvalue weighted by atomic mass is 10.4. The zero-order valence-electron chi connectivity index (χ0n) is 3.89. The number of nitrogens with zero attached hydrogens (tertiary/aromatic N) is 2. The molecular weight excluding hydrogens is 88.1 g/mol. The molecule has 7 heavy (non-hydrogen) atoms. The van der Waals surface area contributed by atoms with Crippen molar-refractivity contribution in [3.05, 3.63) is 23.2 Å². The molecule has 0 fully saturated rings. The molecule has 0 heterocycles. The molecule has 0 aliphatic rings. The second-order valence-electron chi connectivity index (χ2n) is 0.960. The van der Waals surface area contributed by atoms with Gasteiger partial charge in [-0.1, -0.05) is 18.7 Å². The van der Waals surface area contributed by atoms with Gasteiger partial charge in [0, 0.05) is 0 Å². The summed E-state index contributed by atoms with van der Waals surface area (Å²) < 4.78 is 0. The quantitative estimate of drug-likeness (QED) is 0.324. The van der Waals surface area contributed by atoms with Crippen molar-refractivity contribution in [3.8, 4) is 6.07 Å². The summed E-state index contributed by atoms with van der Waals surface area (Å²) in [5.41, 5.74) is 0.329. The van der Waals surface area contributed by atoms with Gasteiger partial charge >= 0.3 is 0 Å². The largest absolute Gasteiger partial charge is 0.477 e. The van der Waals surface area contributed by atoms with Gasteiger partial charge in [0.05, 0.1) is 6.07 Å². The Bertz CT molecular complexity index is 154. The van der Waals surface area contributed by atoms with E-state index >= 15 is 0 Å². The first-order valence-corrected chi connectivity index (χ1v) is 1.67. The summed E-state index contributed by atoms with van der Waals surface area (Å²) in [7, 11) is 0. The fraction of sp³-hybridized carbons (Fsp3) is 0.200. The van der Waals surface area contributed by atoms with Gasteiger partial charge in [-0.3, -0.25) is 6.57 Å². The third-order valence-electron chi connectivity index (χ3n) is 0.391. The number of hydrogen-bond acceptors (Lipinski definition) is 1. The molecule has 0 aliphatic heterocycles. The van der Waals surface area contributed by atoms with Gasteiger partial charge in [-0.2, -0.15) is 5.26 Å². The number of rotatable bonds is 0. The lowest BCUT2D eigenvalue weighted by Gasteiger charge is -1.82. The van der Waals surface area contributed by atoms with E-state index in [0.717, 1.165) is 0 Å². The lowest BCUT2D eigenvalue weighted by molar-refractivity contribution is 1.43. The van der Waals surface area contributed by atoms with E-state index in [4.69, 9.17) is 11.8 Å².